The Labute approximate surface area is 80.3 Å². The fourth-order valence-corrected chi connectivity index (χ4v) is 0.785. The summed E-state index contributed by atoms with van der Waals surface area (Å²) in [6.45, 7) is 7.50. The zero-order valence-corrected chi connectivity index (χ0v) is 8.51. The minimum Gasteiger partial charge on any atom is -0.434 e. The van der Waals surface area contributed by atoms with E-state index >= 15 is 0 Å². The highest BCUT2D eigenvalue weighted by molar-refractivity contribution is 5.70. The van der Waals surface area contributed by atoms with E-state index in [-0.39, 0.29) is 5.97 Å². The number of rotatable bonds is 6. The third-order valence-electron chi connectivity index (χ3n) is 1.68. The van der Waals surface area contributed by atoms with Crippen molar-refractivity contribution < 1.29 is 9.53 Å². The maximum Gasteiger partial charge on any atom is 0.310 e. The van der Waals surface area contributed by atoms with Gasteiger partial charge in [-0.05, 0) is 18.9 Å². The van der Waals surface area contributed by atoms with E-state index in [1.54, 1.807) is 6.08 Å². The number of hydrogen-bond acceptors (Lipinski definition) is 2. The first-order valence-corrected chi connectivity index (χ1v) is 4.69. The molecule has 13 heavy (non-hydrogen) atoms. The second-order valence-electron chi connectivity index (χ2n) is 3.01. The molecule has 0 rings (SSSR count). The summed E-state index contributed by atoms with van der Waals surface area (Å²) in [6, 6.07) is 0. The molecule has 0 aromatic heterocycles. The zero-order valence-electron chi connectivity index (χ0n) is 8.51. The van der Waals surface area contributed by atoms with Crippen molar-refractivity contribution in [3.8, 4) is 0 Å². The highest BCUT2D eigenvalue weighted by Crippen LogP contribution is 2.02. The number of hydrogen-bond donors (Lipinski definition) is 0. The fraction of sp³-hybridized carbons (Fsp3) is 0.545. The maximum absolute atomic E-state index is 11.0. The van der Waals surface area contributed by atoms with Gasteiger partial charge in [0.1, 0.15) is 0 Å². The minimum absolute atomic E-state index is 0.158. The molecule has 0 aliphatic rings. The van der Waals surface area contributed by atoms with Crippen LogP contribution in [0.25, 0.3) is 0 Å². The number of esters is 1. The van der Waals surface area contributed by atoms with Crippen LogP contribution in [0.1, 0.15) is 39.5 Å². The minimum atomic E-state index is -0.158. The monoisotopic (exact) mass is 182 g/mol. The molecule has 0 spiro atoms. The van der Waals surface area contributed by atoms with E-state index in [2.05, 4.69) is 13.5 Å². The molecule has 0 bridgehead atoms. The molecule has 74 valence electrons. The van der Waals surface area contributed by atoms with Crippen molar-refractivity contribution >= 4 is 5.97 Å². The van der Waals surface area contributed by atoms with E-state index in [9.17, 15) is 4.79 Å². The summed E-state index contributed by atoms with van der Waals surface area (Å²) in [4.78, 5) is 11.0. The predicted molar refractivity (Wildman–Crippen MR) is 54.2 cm³/mol. The Balaban J connectivity index is 3.57. The van der Waals surface area contributed by atoms with Crippen LogP contribution >= 0.6 is 0 Å². The molecule has 0 heterocycles. The van der Waals surface area contributed by atoms with Crippen molar-refractivity contribution in [2.24, 2.45) is 0 Å². The second-order valence-corrected chi connectivity index (χ2v) is 3.01. The Morgan fingerprint density at radius 2 is 2.15 bits per heavy atom. The molecule has 0 amide bonds. The van der Waals surface area contributed by atoms with Gasteiger partial charge in [0.25, 0.3) is 0 Å². The molecule has 0 atom stereocenters. The van der Waals surface area contributed by atoms with E-state index in [0.717, 1.165) is 24.8 Å². The molecule has 0 aromatic carbocycles. The molecule has 0 aromatic rings. The van der Waals surface area contributed by atoms with Gasteiger partial charge in [0.05, 0.1) is 6.26 Å². The van der Waals surface area contributed by atoms with Gasteiger partial charge in [-0.1, -0.05) is 32.4 Å². The topological polar surface area (TPSA) is 26.3 Å². The van der Waals surface area contributed by atoms with Gasteiger partial charge in [0, 0.05) is 6.42 Å². The molecular formula is C11H18O2. The molecule has 0 fully saturated rings. The third-order valence-corrected chi connectivity index (χ3v) is 1.68. The Kier molecular flexibility index (Phi) is 6.98. The van der Waals surface area contributed by atoms with Gasteiger partial charge >= 0.3 is 5.97 Å². The van der Waals surface area contributed by atoms with Crippen LogP contribution in [0.3, 0.4) is 0 Å². The second kappa shape index (κ2) is 7.59. The number of ether oxygens (including phenoxy) is 1. The molecule has 0 unspecified atom stereocenters. The highest BCUT2D eigenvalue weighted by atomic mass is 16.5. The predicted octanol–water partition coefficient (Wildman–Crippen LogP) is 3.20. The third kappa shape index (κ3) is 7.32. The molecule has 0 aliphatic carbocycles. The van der Waals surface area contributed by atoms with Gasteiger partial charge in [-0.25, -0.2) is 0 Å². The molecule has 0 N–H and O–H groups in total. The lowest BCUT2D eigenvalue weighted by molar-refractivity contribution is -0.138. The Morgan fingerprint density at radius 1 is 1.46 bits per heavy atom. The first kappa shape index (κ1) is 11.9. The van der Waals surface area contributed by atoms with Crippen molar-refractivity contribution in [3.63, 3.8) is 0 Å². The lowest BCUT2D eigenvalue weighted by atomic mass is 10.2. The summed E-state index contributed by atoms with van der Waals surface area (Å²) in [5, 5.41) is 0. The molecule has 0 saturated carbocycles. The van der Waals surface area contributed by atoms with Crippen LogP contribution in [0.4, 0.5) is 0 Å². The number of unbranched alkanes of at least 4 members (excludes halogenated alkanes) is 2. The van der Waals surface area contributed by atoms with Crippen LogP contribution in [0.5, 0.6) is 0 Å². The Bertz CT molecular complexity index is 192. The maximum atomic E-state index is 11.0. The molecule has 0 radical (unpaired) electrons. The van der Waals surface area contributed by atoms with E-state index in [4.69, 9.17) is 4.74 Å². The summed E-state index contributed by atoms with van der Waals surface area (Å²) >= 11 is 0. The first-order chi connectivity index (χ1) is 6.20. The van der Waals surface area contributed by atoms with Gasteiger partial charge in [-0.15, -0.1) is 0 Å². The van der Waals surface area contributed by atoms with E-state index in [0.29, 0.717) is 6.42 Å². The van der Waals surface area contributed by atoms with E-state index in [1.165, 1.54) is 6.26 Å². The largest absolute Gasteiger partial charge is 0.434 e. The summed E-state index contributed by atoms with van der Waals surface area (Å²) in [5.74, 6) is -0.158. The SMILES string of the molecule is C=CC(C)=COC(=O)CCCCC. The summed E-state index contributed by atoms with van der Waals surface area (Å²) in [7, 11) is 0. The van der Waals surface area contributed by atoms with Crippen LogP contribution in [-0.2, 0) is 9.53 Å². The van der Waals surface area contributed by atoms with Crippen molar-refractivity contribution in [1.82, 2.24) is 0 Å². The highest BCUT2D eigenvalue weighted by Gasteiger charge is 1.99. The zero-order chi connectivity index (χ0) is 10.1. The smallest absolute Gasteiger partial charge is 0.310 e. The first-order valence-electron chi connectivity index (χ1n) is 4.69. The van der Waals surface area contributed by atoms with Crippen molar-refractivity contribution in [2.45, 2.75) is 39.5 Å². The van der Waals surface area contributed by atoms with Crippen LogP contribution in [0, 0.1) is 0 Å². The summed E-state index contributed by atoms with van der Waals surface area (Å²) < 4.78 is 4.87. The van der Waals surface area contributed by atoms with Gasteiger partial charge < -0.3 is 4.74 Å². The fourth-order valence-electron chi connectivity index (χ4n) is 0.785. The molecule has 0 aliphatic heterocycles. The van der Waals surface area contributed by atoms with Crippen molar-refractivity contribution in [3.05, 3.63) is 24.5 Å². The Morgan fingerprint density at radius 3 is 2.69 bits per heavy atom. The lowest BCUT2D eigenvalue weighted by Gasteiger charge is -1.98. The van der Waals surface area contributed by atoms with Gasteiger partial charge in [0.15, 0.2) is 0 Å². The van der Waals surface area contributed by atoms with Gasteiger partial charge in [0.2, 0.25) is 0 Å². The Hall–Kier alpha value is -1.05. The summed E-state index contributed by atoms with van der Waals surface area (Å²) in [6.07, 6.45) is 6.72. The van der Waals surface area contributed by atoms with Crippen LogP contribution in [0.15, 0.2) is 24.5 Å². The molecule has 0 saturated heterocycles. The number of allylic oxidation sites excluding steroid dienone is 2. The molecule has 2 heteroatoms. The van der Waals surface area contributed by atoms with Crippen molar-refractivity contribution in [1.29, 1.82) is 0 Å². The standard InChI is InChI=1S/C11H18O2/c1-4-6-7-8-11(12)13-9-10(3)5-2/h5,9H,2,4,6-8H2,1,3H3. The quantitative estimate of drug-likeness (QED) is 0.273. The van der Waals surface area contributed by atoms with Crippen molar-refractivity contribution in [2.75, 3.05) is 0 Å². The lowest BCUT2D eigenvalue weighted by Crippen LogP contribution is -1.99. The average molecular weight is 182 g/mol. The van der Waals surface area contributed by atoms with Crippen LogP contribution in [0.2, 0.25) is 0 Å². The van der Waals surface area contributed by atoms with Crippen LogP contribution < -0.4 is 0 Å². The molecule has 2 nitrogen and oxygen atoms in total. The van der Waals surface area contributed by atoms with Gasteiger partial charge in [-0.2, -0.15) is 0 Å². The molecular weight excluding hydrogens is 164 g/mol. The van der Waals surface area contributed by atoms with Gasteiger partial charge in [-0.3, -0.25) is 4.79 Å². The van der Waals surface area contributed by atoms with Crippen LogP contribution in [-0.4, -0.2) is 5.97 Å². The number of carbonyl (C=O) groups excluding carboxylic acids is 1. The summed E-state index contributed by atoms with van der Waals surface area (Å²) in [5.41, 5.74) is 0.865. The normalized spacial score (nSPS) is 11.1. The average Bonchev–Trinajstić information content (AvgIpc) is 2.14. The van der Waals surface area contributed by atoms with E-state index in [1.807, 2.05) is 6.92 Å². The number of carbonyl (C=O) groups is 1. The van der Waals surface area contributed by atoms with E-state index < -0.39 is 0 Å².